The van der Waals surface area contributed by atoms with Gasteiger partial charge in [-0.3, -0.25) is 4.79 Å². The molecule has 0 radical (unpaired) electrons. The van der Waals surface area contributed by atoms with Gasteiger partial charge in [0.15, 0.2) is 0 Å². The lowest BCUT2D eigenvalue weighted by Crippen LogP contribution is -2.19. The molecule has 0 aliphatic heterocycles. The molecule has 2 N–H and O–H groups in total. The van der Waals surface area contributed by atoms with Gasteiger partial charge in [-0.1, -0.05) is 42.5 Å². The molecule has 0 fully saturated rings. The number of nitrogens with one attached hydrogen (secondary N) is 1. The SMILES string of the molecule is O=C(N/N=C\c1c(O)ccc2ccccc12)c1ccccc1-n1cccc1. The molecule has 132 valence electrons. The van der Waals surface area contributed by atoms with E-state index in [9.17, 15) is 9.90 Å². The molecule has 1 amide bonds. The van der Waals surface area contributed by atoms with Crippen molar-refractivity contribution in [2.24, 2.45) is 5.10 Å². The number of nitrogens with zero attached hydrogens (tertiary/aromatic N) is 2. The quantitative estimate of drug-likeness (QED) is 0.427. The van der Waals surface area contributed by atoms with Gasteiger partial charge in [0.1, 0.15) is 5.75 Å². The maximum Gasteiger partial charge on any atom is 0.273 e. The zero-order valence-electron chi connectivity index (χ0n) is 14.4. The number of carbonyl (C=O) groups is 1. The highest BCUT2D eigenvalue weighted by Crippen LogP contribution is 2.25. The Balaban J connectivity index is 1.60. The first kappa shape index (κ1) is 16.6. The van der Waals surface area contributed by atoms with E-state index in [1.54, 1.807) is 12.1 Å². The molecular weight excluding hydrogens is 338 g/mol. The van der Waals surface area contributed by atoms with E-state index in [0.717, 1.165) is 16.5 Å². The highest BCUT2D eigenvalue weighted by molar-refractivity contribution is 6.03. The van der Waals surface area contributed by atoms with E-state index in [0.29, 0.717) is 11.1 Å². The summed E-state index contributed by atoms with van der Waals surface area (Å²) in [6.07, 6.45) is 5.22. The maximum absolute atomic E-state index is 12.6. The van der Waals surface area contributed by atoms with E-state index >= 15 is 0 Å². The van der Waals surface area contributed by atoms with Gasteiger partial charge in [0.25, 0.3) is 5.91 Å². The molecule has 4 rings (SSSR count). The third-order valence-corrected chi connectivity index (χ3v) is 4.34. The number of rotatable bonds is 4. The minimum Gasteiger partial charge on any atom is -0.507 e. The second-order valence-corrected chi connectivity index (χ2v) is 6.03. The van der Waals surface area contributed by atoms with Crippen LogP contribution in [0.4, 0.5) is 0 Å². The molecule has 0 atom stereocenters. The number of hydrazone groups is 1. The Labute approximate surface area is 156 Å². The predicted molar refractivity (Wildman–Crippen MR) is 106 cm³/mol. The molecule has 5 heteroatoms. The summed E-state index contributed by atoms with van der Waals surface area (Å²) in [5, 5.41) is 16.1. The molecule has 0 saturated heterocycles. The van der Waals surface area contributed by atoms with Gasteiger partial charge >= 0.3 is 0 Å². The van der Waals surface area contributed by atoms with Crippen molar-refractivity contribution in [1.29, 1.82) is 0 Å². The van der Waals surface area contributed by atoms with E-state index in [1.165, 1.54) is 6.21 Å². The average Bonchev–Trinajstić information content (AvgIpc) is 3.24. The number of benzene rings is 3. The van der Waals surface area contributed by atoms with Crippen LogP contribution in [0.25, 0.3) is 16.5 Å². The number of para-hydroxylation sites is 1. The van der Waals surface area contributed by atoms with Crippen LogP contribution in [0.15, 0.2) is 90.3 Å². The highest BCUT2D eigenvalue weighted by Gasteiger charge is 2.11. The van der Waals surface area contributed by atoms with Crippen molar-refractivity contribution in [3.05, 3.63) is 96.3 Å². The smallest absolute Gasteiger partial charge is 0.273 e. The fraction of sp³-hybridized carbons (Fsp3) is 0. The molecule has 5 nitrogen and oxygen atoms in total. The van der Waals surface area contributed by atoms with E-state index in [4.69, 9.17) is 0 Å². The molecule has 0 spiro atoms. The molecule has 0 aliphatic carbocycles. The van der Waals surface area contributed by atoms with Crippen LogP contribution in [0, 0.1) is 0 Å². The fourth-order valence-electron chi connectivity index (χ4n) is 3.02. The van der Waals surface area contributed by atoms with Gasteiger partial charge in [-0.15, -0.1) is 0 Å². The Morgan fingerprint density at radius 3 is 2.52 bits per heavy atom. The van der Waals surface area contributed by atoms with Crippen molar-refractivity contribution in [2.75, 3.05) is 0 Å². The van der Waals surface area contributed by atoms with Gasteiger partial charge in [0.05, 0.1) is 17.5 Å². The van der Waals surface area contributed by atoms with Crippen molar-refractivity contribution in [1.82, 2.24) is 9.99 Å². The van der Waals surface area contributed by atoms with Crippen molar-refractivity contribution >= 4 is 22.9 Å². The molecule has 1 heterocycles. The van der Waals surface area contributed by atoms with Gasteiger partial charge in [-0.2, -0.15) is 5.10 Å². The van der Waals surface area contributed by atoms with E-state index in [2.05, 4.69) is 10.5 Å². The summed E-state index contributed by atoms with van der Waals surface area (Å²) >= 11 is 0. The molecule has 4 aromatic rings. The number of phenolic OH excluding ortho intramolecular Hbond substituents is 1. The minimum absolute atomic E-state index is 0.111. The Morgan fingerprint density at radius 1 is 0.926 bits per heavy atom. The van der Waals surface area contributed by atoms with Gasteiger partial charge < -0.3 is 9.67 Å². The van der Waals surface area contributed by atoms with Crippen LogP contribution >= 0.6 is 0 Å². The normalized spacial score (nSPS) is 11.1. The summed E-state index contributed by atoms with van der Waals surface area (Å²) in [5.41, 5.74) is 4.38. The van der Waals surface area contributed by atoms with Crippen LogP contribution in [0.2, 0.25) is 0 Å². The molecule has 27 heavy (non-hydrogen) atoms. The molecular formula is C22H17N3O2. The fourth-order valence-corrected chi connectivity index (χ4v) is 3.02. The first-order valence-electron chi connectivity index (χ1n) is 8.50. The van der Waals surface area contributed by atoms with E-state index < -0.39 is 0 Å². The zero-order valence-corrected chi connectivity index (χ0v) is 14.4. The van der Waals surface area contributed by atoms with Gasteiger partial charge in [-0.05, 0) is 41.1 Å². The Bertz CT molecular complexity index is 1130. The van der Waals surface area contributed by atoms with Crippen LogP contribution < -0.4 is 5.43 Å². The predicted octanol–water partition coefficient (Wildman–Crippen LogP) is 4.10. The molecule has 3 aromatic carbocycles. The standard InChI is InChI=1S/C22H17N3O2/c26-21-12-11-16-7-1-2-8-17(16)19(21)15-23-24-22(27)18-9-3-4-10-20(18)25-13-5-6-14-25/h1-15,26H,(H,24,27)/b23-15-. The van der Waals surface area contributed by atoms with Crippen molar-refractivity contribution in [3.8, 4) is 11.4 Å². The van der Waals surface area contributed by atoms with Crippen molar-refractivity contribution < 1.29 is 9.90 Å². The molecule has 1 aromatic heterocycles. The summed E-state index contributed by atoms with van der Waals surface area (Å²) in [7, 11) is 0. The second-order valence-electron chi connectivity index (χ2n) is 6.03. The number of fused-ring (bicyclic) bond motifs is 1. The number of hydrogen-bond donors (Lipinski definition) is 2. The van der Waals surface area contributed by atoms with Crippen LogP contribution in [0.1, 0.15) is 15.9 Å². The van der Waals surface area contributed by atoms with Crippen molar-refractivity contribution in [2.45, 2.75) is 0 Å². The van der Waals surface area contributed by atoms with Gasteiger partial charge in [0.2, 0.25) is 0 Å². The Hall–Kier alpha value is -3.86. The average molecular weight is 355 g/mol. The first-order valence-corrected chi connectivity index (χ1v) is 8.50. The Morgan fingerprint density at radius 2 is 1.67 bits per heavy atom. The first-order chi connectivity index (χ1) is 13.2. The number of amides is 1. The lowest BCUT2D eigenvalue weighted by atomic mass is 10.0. The monoisotopic (exact) mass is 355 g/mol. The third kappa shape index (κ3) is 3.30. The zero-order chi connectivity index (χ0) is 18.6. The van der Waals surface area contributed by atoms with Crippen LogP contribution in [0.5, 0.6) is 5.75 Å². The molecule has 0 saturated carbocycles. The van der Waals surface area contributed by atoms with E-state index in [1.807, 2.05) is 77.6 Å². The topological polar surface area (TPSA) is 66.6 Å². The minimum atomic E-state index is -0.324. The number of phenols is 1. The maximum atomic E-state index is 12.6. The van der Waals surface area contributed by atoms with Crippen molar-refractivity contribution in [3.63, 3.8) is 0 Å². The summed E-state index contributed by atoms with van der Waals surface area (Å²) in [5.74, 6) is -0.213. The summed E-state index contributed by atoms with van der Waals surface area (Å²) in [6, 6.07) is 22.2. The van der Waals surface area contributed by atoms with Gasteiger partial charge in [0, 0.05) is 18.0 Å². The summed E-state index contributed by atoms with van der Waals surface area (Å²) in [6.45, 7) is 0. The van der Waals surface area contributed by atoms with Crippen LogP contribution in [0.3, 0.4) is 0 Å². The highest BCUT2D eigenvalue weighted by atomic mass is 16.3. The molecule has 0 bridgehead atoms. The Kier molecular flexibility index (Phi) is 4.41. The van der Waals surface area contributed by atoms with Crippen LogP contribution in [-0.2, 0) is 0 Å². The number of carbonyl (C=O) groups excluding carboxylic acids is 1. The summed E-state index contributed by atoms with van der Waals surface area (Å²) in [4.78, 5) is 12.6. The number of aromatic nitrogens is 1. The van der Waals surface area contributed by atoms with E-state index in [-0.39, 0.29) is 11.7 Å². The number of aromatic hydroxyl groups is 1. The largest absolute Gasteiger partial charge is 0.507 e. The lowest BCUT2D eigenvalue weighted by molar-refractivity contribution is 0.0955. The molecule has 0 unspecified atom stereocenters. The van der Waals surface area contributed by atoms with Gasteiger partial charge in [-0.25, -0.2) is 5.43 Å². The van der Waals surface area contributed by atoms with Crippen LogP contribution in [-0.4, -0.2) is 21.8 Å². The lowest BCUT2D eigenvalue weighted by Gasteiger charge is -2.09. The summed E-state index contributed by atoms with van der Waals surface area (Å²) < 4.78 is 1.87. The number of hydrogen-bond acceptors (Lipinski definition) is 3. The third-order valence-electron chi connectivity index (χ3n) is 4.34. The molecule has 0 aliphatic rings. The second kappa shape index (κ2) is 7.17.